The predicted molar refractivity (Wildman–Crippen MR) is 73.5 cm³/mol. The summed E-state index contributed by atoms with van der Waals surface area (Å²) in [6.07, 6.45) is 0. The molecule has 6 heteroatoms. The first kappa shape index (κ1) is 14.7. The molecule has 0 radical (unpaired) electrons. The van der Waals surface area contributed by atoms with Crippen LogP contribution in [0, 0.1) is 11.6 Å². The fraction of sp³-hybridized carbons (Fsp3) is 0.143. The lowest BCUT2D eigenvalue weighted by atomic mass is 9.98. The lowest BCUT2D eigenvalue weighted by molar-refractivity contribution is 0.410. The number of hydrazine groups is 1. The standard InChI is InChI=1S/C14H13ClF2N2O/c1-20-9-3-4-10(13(17)7-9)14(19-18)11-6-8(15)2-5-12(11)16/h2-7,14,19H,18H2,1H3. The molecule has 2 aromatic rings. The van der Waals surface area contributed by atoms with Gasteiger partial charge in [-0.05, 0) is 24.3 Å². The summed E-state index contributed by atoms with van der Waals surface area (Å²) in [4.78, 5) is 0. The Labute approximate surface area is 120 Å². The highest BCUT2D eigenvalue weighted by atomic mass is 35.5. The van der Waals surface area contributed by atoms with Gasteiger partial charge in [-0.1, -0.05) is 17.7 Å². The van der Waals surface area contributed by atoms with Gasteiger partial charge in [0.1, 0.15) is 17.4 Å². The third-order valence-electron chi connectivity index (χ3n) is 2.95. The van der Waals surface area contributed by atoms with E-state index >= 15 is 0 Å². The Morgan fingerprint density at radius 1 is 1.10 bits per heavy atom. The third kappa shape index (κ3) is 2.90. The average Bonchev–Trinajstić information content (AvgIpc) is 2.44. The minimum Gasteiger partial charge on any atom is -0.497 e. The largest absolute Gasteiger partial charge is 0.497 e. The second-order valence-corrected chi connectivity index (χ2v) is 4.59. The fourth-order valence-corrected chi connectivity index (χ4v) is 2.13. The molecule has 0 aromatic heterocycles. The lowest BCUT2D eigenvalue weighted by Gasteiger charge is -2.19. The number of halogens is 3. The van der Waals surface area contributed by atoms with Gasteiger partial charge in [0.05, 0.1) is 13.2 Å². The molecule has 0 saturated heterocycles. The molecule has 106 valence electrons. The molecule has 0 fully saturated rings. The first-order valence-electron chi connectivity index (χ1n) is 5.81. The van der Waals surface area contributed by atoms with E-state index in [-0.39, 0.29) is 11.1 Å². The molecule has 0 saturated carbocycles. The number of ether oxygens (including phenoxy) is 1. The summed E-state index contributed by atoms with van der Waals surface area (Å²) in [5.74, 6) is 4.74. The summed E-state index contributed by atoms with van der Waals surface area (Å²) in [6, 6.07) is 7.46. The lowest BCUT2D eigenvalue weighted by Crippen LogP contribution is -2.30. The van der Waals surface area contributed by atoms with Crippen LogP contribution in [0.15, 0.2) is 36.4 Å². The highest BCUT2D eigenvalue weighted by Gasteiger charge is 2.20. The van der Waals surface area contributed by atoms with Crippen LogP contribution in [-0.4, -0.2) is 7.11 Å². The molecule has 0 heterocycles. The van der Waals surface area contributed by atoms with Crippen LogP contribution in [0.2, 0.25) is 5.02 Å². The van der Waals surface area contributed by atoms with Crippen molar-refractivity contribution in [3.63, 3.8) is 0 Å². The Balaban J connectivity index is 2.49. The van der Waals surface area contributed by atoms with Gasteiger partial charge in [0.2, 0.25) is 0 Å². The van der Waals surface area contributed by atoms with Crippen molar-refractivity contribution in [2.75, 3.05) is 7.11 Å². The van der Waals surface area contributed by atoms with Gasteiger partial charge in [-0.25, -0.2) is 14.2 Å². The maximum Gasteiger partial charge on any atom is 0.132 e. The van der Waals surface area contributed by atoms with Gasteiger partial charge >= 0.3 is 0 Å². The Hall–Kier alpha value is -1.69. The number of benzene rings is 2. The summed E-state index contributed by atoms with van der Waals surface area (Å²) < 4.78 is 32.9. The topological polar surface area (TPSA) is 47.3 Å². The fourth-order valence-electron chi connectivity index (χ4n) is 1.95. The molecule has 0 amide bonds. The van der Waals surface area contributed by atoms with E-state index in [2.05, 4.69) is 5.43 Å². The number of hydrogen-bond acceptors (Lipinski definition) is 3. The van der Waals surface area contributed by atoms with Gasteiger partial charge < -0.3 is 4.74 Å². The number of methoxy groups -OCH3 is 1. The van der Waals surface area contributed by atoms with Crippen molar-refractivity contribution in [1.82, 2.24) is 5.43 Å². The number of nitrogens with two attached hydrogens (primary N) is 1. The first-order valence-corrected chi connectivity index (χ1v) is 6.19. The molecule has 0 spiro atoms. The zero-order chi connectivity index (χ0) is 14.7. The van der Waals surface area contributed by atoms with Crippen LogP contribution in [0.5, 0.6) is 5.75 Å². The molecule has 0 aliphatic heterocycles. The van der Waals surface area contributed by atoms with Crippen molar-refractivity contribution in [2.45, 2.75) is 6.04 Å². The monoisotopic (exact) mass is 298 g/mol. The number of nitrogens with one attached hydrogen (secondary N) is 1. The Bertz CT molecular complexity index is 622. The smallest absolute Gasteiger partial charge is 0.132 e. The molecule has 3 N–H and O–H groups in total. The van der Waals surface area contributed by atoms with Gasteiger partial charge in [0.15, 0.2) is 0 Å². The number of rotatable bonds is 4. The molecule has 20 heavy (non-hydrogen) atoms. The summed E-state index contributed by atoms with van der Waals surface area (Å²) in [7, 11) is 1.43. The van der Waals surface area contributed by atoms with Gasteiger partial charge in [-0.15, -0.1) is 0 Å². The van der Waals surface area contributed by atoms with Crippen LogP contribution in [-0.2, 0) is 0 Å². The zero-order valence-corrected chi connectivity index (χ0v) is 11.4. The minimum absolute atomic E-state index is 0.170. The van der Waals surface area contributed by atoms with E-state index in [1.165, 1.54) is 37.4 Å². The molecular weight excluding hydrogens is 286 g/mol. The van der Waals surface area contributed by atoms with E-state index in [0.29, 0.717) is 10.8 Å². The van der Waals surface area contributed by atoms with Crippen LogP contribution in [0.25, 0.3) is 0 Å². The zero-order valence-electron chi connectivity index (χ0n) is 10.7. The van der Waals surface area contributed by atoms with E-state index in [1.807, 2.05) is 0 Å². The van der Waals surface area contributed by atoms with E-state index in [4.69, 9.17) is 22.2 Å². The molecule has 0 aliphatic carbocycles. The second-order valence-electron chi connectivity index (χ2n) is 4.15. The van der Waals surface area contributed by atoms with Crippen LogP contribution in [0.3, 0.4) is 0 Å². The van der Waals surface area contributed by atoms with E-state index < -0.39 is 17.7 Å². The first-order chi connectivity index (χ1) is 9.56. The van der Waals surface area contributed by atoms with Crippen LogP contribution in [0.1, 0.15) is 17.2 Å². The summed E-state index contributed by atoms with van der Waals surface area (Å²) in [6.45, 7) is 0. The van der Waals surface area contributed by atoms with E-state index in [1.54, 1.807) is 6.07 Å². The molecule has 0 aliphatic rings. The Morgan fingerprint density at radius 3 is 2.45 bits per heavy atom. The number of hydrogen-bond donors (Lipinski definition) is 2. The summed E-state index contributed by atoms with van der Waals surface area (Å²) in [5.41, 5.74) is 2.78. The molecule has 0 bridgehead atoms. The van der Waals surface area contributed by atoms with Crippen molar-refractivity contribution < 1.29 is 13.5 Å². The second kappa shape index (κ2) is 6.17. The minimum atomic E-state index is -0.848. The van der Waals surface area contributed by atoms with Crippen molar-refractivity contribution in [3.05, 3.63) is 64.2 Å². The summed E-state index contributed by atoms with van der Waals surface area (Å²) >= 11 is 5.84. The normalized spacial score (nSPS) is 12.2. The maximum absolute atomic E-state index is 14.1. The van der Waals surface area contributed by atoms with Crippen molar-refractivity contribution in [2.24, 2.45) is 5.84 Å². The van der Waals surface area contributed by atoms with Gasteiger partial charge in [0, 0.05) is 22.2 Å². The van der Waals surface area contributed by atoms with Gasteiger partial charge in [0.25, 0.3) is 0 Å². The van der Waals surface area contributed by atoms with Gasteiger partial charge in [-0.2, -0.15) is 0 Å². The third-order valence-corrected chi connectivity index (χ3v) is 3.19. The van der Waals surface area contributed by atoms with E-state index in [0.717, 1.165) is 0 Å². The summed E-state index contributed by atoms with van der Waals surface area (Å²) in [5, 5.41) is 0.343. The Morgan fingerprint density at radius 2 is 1.85 bits per heavy atom. The molecule has 2 aromatic carbocycles. The highest BCUT2D eigenvalue weighted by molar-refractivity contribution is 6.30. The molecule has 1 unspecified atom stereocenters. The maximum atomic E-state index is 14.1. The molecule has 3 nitrogen and oxygen atoms in total. The molecular formula is C14H13ClF2N2O. The van der Waals surface area contributed by atoms with Gasteiger partial charge in [-0.3, -0.25) is 5.84 Å². The van der Waals surface area contributed by atoms with Crippen molar-refractivity contribution in [3.8, 4) is 5.75 Å². The van der Waals surface area contributed by atoms with Crippen molar-refractivity contribution in [1.29, 1.82) is 0 Å². The quantitative estimate of drug-likeness (QED) is 0.673. The van der Waals surface area contributed by atoms with Crippen molar-refractivity contribution >= 4 is 11.6 Å². The predicted octanol–water partition coefficient (Wildman–Crippen LogP) is 3.18. The molecule has 2 rings (SSSR count). The SMILES string of the molecule is COc1ccc(C(NN)c2cc(Cl)ccc2F)c(F)c1. The average molecular weight is 299 g/mol. The van der Waals surface area contributed by atoms with Crippen LogP contribution < -0.4 is 16.0 Å². The van der Waals surface area contributed by atoms with Crippen LogP contribution in [0.4, 0.5) is 8.78 Å². The van der Waals surface area contributed by atoms with Crippen LogP contribution >= 0.6 is 11.6 Å². The van der Waals surface area contributed by atoms with E-state index in [9.17, 15) is 8.78 Å². The molecule has 1 atom stereocenters. The Kier molecular flexibility index (Phi) is 4.54. The highest BCUT2D eigenvalue weighted by Crippen LogP contribution is 2.29.